The maximum absolute atomic E-state index is 8.49. The lowest BCUT2D eigenvalue weighted by atomic mass is 10.2. The second-order valence-electron chi connectivity index (χ2n) is 2.68. The Labute approximate surface area is 50.7 Å². The lowest BCUT2D eigenvalue weighted by molar-refractivity contribution is 0.276. The van der Waals surface area contributed by atoms with Gasteiger partial charge in [-0.2, -0.15) is 0 Å². The van der Waals surface area contributed by atoms with Crippen molar-refractivity contribution in [3.63, 3.8) is 0 Å². The first kappa shape index (κ1) is 6.09. The van der Waals surface area contributed by atoms with Gasteiger partial charge in [-0.05, 0) is 24.7 Å². The van der Waals surface area contributed by atoms with Gasteiger partial charge in [0.05, 0.1) is 0 Å². The molecule has 0 aromatic carbocycles. The molecule has 0 amide bonds. The fourth-order valence-electron chi connectivity index (χ4n) is 1.33. The lowest BCUT2D eigenvalue weighted by Gasteiger charge is -1.89. The van der Waals surface area contributed by atoms with Crippen LogP contribution in [-0.2, 0) is 0 Å². The predicted molar refractivity (Wildman–Crippen MR) is 33.6 cm³/mol. The number of aliphatic hydroxyl groups excluding tert-OH is 1. The van der Waals surface area contributed by atoms with Crippen molar-refractivity contribution in [2.45, 2.75) is 26.2 Å². The molecule has 0 unspecified atom stereocenters. The maximum atomic E-state index is 8.49. The second kappa shape index (κ2) is 2.49. The van der Waals surface area contributed by atoms with E-state index < -0.39 is 0 Å². The van der Waals surface area contributed by atoms with E-state index in [9.17, 15) is 0 Å². The van der Waals surface area contributed by atoms with Gasteiger partial charge in [0.2, 0.25) is 0 Å². The van der Waals surface area contributed by atoms with Crippen molar-refractivity contribution < 1.29 is 5.11 Å². The monoisotopic (exact) mass is 114 g/mol. The summed E-state index contributed by atoms with van der Waals surface area (Å²) < 4.78 is 0. The molecule has 1 nitrogen and oxygen atoms in total. The van der Waals surface area contributed by atoms with Crippen LogP contribution in [-0.4, -0.2) is 11.7 Å². The van der Waals surface area contributed by atoms with E-state index in [1.807, 2.05) is 0 Å². The third-order valence-electron chi connectivity index (χ3n) is 2.09. The lowest BCUT2D eigenvalue weighted by Crippen LogP contribution is -1.85. The van der Waals surface area contributed by atoms with Crippen LogP contribution in [0, 0.1) is 11.8 Å². The number of rotatable bonds is 3. The minimum absolute atomic E-state index is 0.390. The van der Waals surface area contributed by atoms with Crippen LogP contribution in [0.4, 0.5) is 0 Å². The Bertz CT molecular complexity index is 70.8. The maximum Gasteiger partial charge on any atom is 0.0433 e. The van der Waals surface area contributed by atoms with E-state index in [0.717, 1.165) is 18.3 Å². The number of hydrogen-bond donors (Lipinski definition) is 1. The third-order valence-corrected chi connectivity index (χ3v) is 2.09. The van der Waals surface area contributed by atoms with Crippen LogP contribution in [0.5, 0.6) is 0 Å². The molecule has 1 heteroatoms. The van der Waals surface area contributed by atoms with Crippen molar-refractivity contribution in [3.05, 3.63) is 0 Å². The Morgan fingerprint density at radius 1 is 1.50 bits per heavy atom. The molecule has 1 rings (SSSR count). The van der Waals surface area contributed by atoms with Crippen LogP contribution in [0.2, 0.25) is 0 Å². The van der Waals surface area contributed by atoms with Crippen molar-refractivity contribution >= 4 is 0 Å². The molecule has 0 aromatic heterocycles. The van der Waals surface area contributed by atoms with Gasteiger partial charge in [0.25, 0.3) is 0 Å². The summed E-state index contributed by atoms with van der Waals surface area (Å²) in [4.78, 5) is 0. The summed E-state index contributed by atoms with van der Waals surface area (Å²) in [7, 11) is 0. The highest BCUT2D eigenvalue weighted by molar-refractivity contribution is 4.84. The zero-order valence-electron chi connectivity index (χ0n) is 5.43. The minimum atomic E-state index is 0.390. The quantitative estimate of drug-likeness (QED) is 0.588. The molecule has 8 heavy (non-hydrogen) atoms. The normalized spacial score (nSPS) is 35.2. The molecule has 1 saturated carbocycles. The highest BCUT2D eigenvalue weighted by Gasteiger charge is 2.33. The van der Waals surface area contributed by atoms with E-state index in [4.69, 9.17) is 5.11 Å². The van der Waals surface area contributed by atoms with E-state index >= 15 is 0 Å². The van der Waals surface area contributed by atoms with Crippen LogP contribution < -0.4 is 0 Å². The van der Waals surface area contributed by atoms with E-state index in [-0.39, 0.29) is 0 Å². The summed E-state index contributed by atoms with van der Waals surface area (Å²) in [6.07, 6.45) is 3.72. The molecule has 0 aliphatic heterocycles. The molecule has 0 saturated heterocycles. The number of hydrogen-bond acceptors (Lipinski definition) is 1. The smallest absolute Gasteiger partial charge is 0.0433 e. The molecule has 1 N–H and O–H groups in total. The molecule has 0 bridgehead atoms. The van der Waals surface area contributed by atoms with Gasteiger partial charge in [-0.25, -0.2) is 0 Å². The van der Waals surface area contributed by atoms with Crippen molar-refractivity contribution in [2.24, 2.45) is 11.8 Å². The fourth-order valence-corrected chi connectivity index (χ4v) is 1.33. The highest BCUT2D eigenvalue weighted by Crippen LogP contribution is 2.42. The SMILES string of the molecule is CC[C@@H]1C[C@@H]1CCO. The molecule has 1 aliphatic carbocycles. The average Bonchev–Trinajstić information content (AvgIpc) is 2.48. The van der Waals surface area contributed by atoms with Crippen molar-refractivity contribution in [1.82, 2.24) is 0 Å². The molecule has 1 fully saturated rings. The van der Waals surface area contributed by atoms with Gasteiger partial charge in [-0.3, -0.25) is 0 Å². The van der Waals surface area contributed by atoms with Crippen LogP contribution in [0.25, 0.3) is 0 Å². The topological polar surface area (TPSA) is 20.2 Å². The van der Waals surface area contributed by atoms with E-state index in [1.165, 1.54) is 12.8 Å². The molecule has 0 aromatic rings. The van der Waals surface area contributed by atoms with Crippen LogP contribution in [0.15, 0.2) is 0 Å². The summed E-state index contributed by atoms with van der Waals surface area (Å²) in [5, 5.41) is 8.49. The minimum Gasteiger partial charge on any atom is -0.396 e. The summed E-state index contributed by atoms with van der Waals surface area (Å²) in [6.45, 7) is 2.61. The van der Waals surface area contributed by atoms with Gasteiger partial charge < -0.3 is 5.11 Å². The van der Waals surface area contributed by atoms with E-state index in [0.29, 0.717) is 6.61 Å². The molecule has 1 aliphatic rings. The van der Waals surface area contributed by atoms with Gasteiger partial charge in [-0.15, -0.1) is 0 Å². The molecule has 48 valence electrons. The average molecular weight is 114 g/mol. The first-order valence-electron chi connectivity index (χ1n) is 3.49. The van der Waals surface area contributed by atoms with Crippen LogP contribution >= 0.6 is 0 Å². The molecule has 0 spiro atoms. The largest absolute Gasteiger partial charge is 0.396 e. The Kier molecular flexibility index (Phi) is 1.90. The van der Waals surface area contributed by atoms with Crippen molar-refractivity contribution in [2.75, 3.05) is 6.61 Å². The van der Waals surface area contributed by atoms with Crippen molar-refractivity contribution in [1.29, 1.82) is 0 Å². The molecule has 2 atom stereocenters. The van der Waals surface area contributed by atoms with Crippen molar-refractivity contribution in [3.8, 4) is 0 Å². The first-order chi connectivity index (χ1) is 3.88. The Hall–Kier alpha value is -0.0400. The summed E-state index contributed by atoms with van der Waals surface area (Å²) in [6, 6.07) is 0. The first-order valence-corrected chi connectivity index (χ1v) is 3.49. The predicted octanol–water partition coefficient (Wildman–Crippen LogP) is 1.41. The number of aliphatic hydroxyl groups is 1. The van der Waals surface area contributed by atoms with E-state index in [2.05, 4.69) is 6.92 Å². The van der Waals surface area contributed by atoms with E-state index in [1.54, 1.807) is 0 Å². The highest BCUT2D eigenvalue weighted by atomic mass is 16.3. The van der Waals surface area contributed by atoms with Crippen LogP contribution in [0.3, 0.4) is 0 Å². The summed E-state index contributed by atoms with van der Waals surface area (Å²) in [5.74, 6) is 1.84. The zero-order valence-corrected chi connectivity index (χ0v) is 5.43. The zero-order chi connectivity index (χ0) is 5.98. The van der Waals surface area contributed by atoms with Gasteiger partial charge in [0.15, 0.2) is 0 Å². The third kappa shape index (κ3) is 1.22. The molecule has 0 radical (unpaired) electrons. The summed E-state index contributed by atoms with van der Waals surface area (Å²) >= 11 is 0. The standard InChI is InChI=1S/C7H14O/c1-2-6-5-7(6)3-4-8/h6-8H,2-5H2,1H3/t6-,7+/m1/s1. The van der Waals surface area contributed by atoms with Gasteiger partial charge in [-0.1, -0.05) is 13.3 Å². The van der Waals surface area contributed by atoms with Gasteiger partial charge in [0.1, 0.15) is 0 Å². The Balaban J connectivity index is 1.99. The Morgan fingerprint density at radius 3 is 2.62 bits per heavy atom. The summed E-state index contributed by atoms with van der Waals surface area (Å²) in [5.41, 5.74) is 0. The second-order valence-corrected chi connectivity index (χ2v) is 2.68. The van der Waals surface area contributed by atoms with Gasteiger partial charge in [0, 0.05) is 6.61 Å². The molecular weight excluding hydrogens is 100 g/mol. The molecule has 0 heterocycles. The van der Waals surface area contributed by atoms with Gasteiger partial charge >= 0.3 is 0 Å². The van der Waals surface area contributed by atoms with Crippen LogP contribution in [0.1, 0.15) is 26.2 Å². The Morgan fingerprint density at radius 2 is 2.25 bits per heavy atom. The molecular formula is C7H14O. The fraction of sp³-hybridized carbons (Fsp3) is 1.00.